The third kappa shape index (κ3) is 5.50. The second-order valence-corrected chi connectivity index (χ2v) is 7.38. The Morgan fingerprint density at radius 3 is 2.21 bits per heavy atom. The number of amides is 2. The summed E-state index contributed by atoms with van der Waals surface area (Å²) < 4.78 is 5.10. The fraction of sp³-hybridized carbons (Fsp3) is 0.300. The molecule has 0 aliphatic carbocycles. The molecule has 1 aromatic carbocycles. The number of anilines is 1. The van der Waals surface area contributed by atoms with E-state index in [-0.39, 0.29) is 23.1 Å². The van der Waals surface area contributed by atoms with Crippen molar-refractivity contribution >= 4 is 40.6 Å². The van der Waals surface area contributed by atoms with E-state index < -0.39 is 18.0 Å². The number of esters is 1. The lowest BCUT2D eigenvalue weighted by Gasteiger charge is -2.14. The molecule has 2 aromatic rings. The topological polar surface area (TPSA) is 102 Å². The Hall–Kier alpha value is -3.00. The van der Waals surface area contributed by atoms with E-state index in [1.807, 2.05) is 32.0 Å². The molecular formula is C20H22N2O5S. The largest absolute Gasteiger partial charge is 0.448 e. The highest BCUT2D eigenvalue weighted by Gasteiger charge is 2.21. The zero-order chi connectivity index (χ0) is 20.8. The van der Waals surface area contributed by atoms with Crippen molar-refractivity contribution in [3.05, 3.63) is 51.2 Å². The molecule has 1 unspecified atom stereocenters. The summed E-state index contributed by atoms with van der Waals surface area (Å²) in [5.41, 5.74) is 2.55. The average molecular weight is 402 g/mol. The van der Waals surface area contributed by atoms with Gasteiger partial charge in [0.1, 0.15) is 4.88 Å². The Bertz CT molecular complexity index is 899. The number of carbonyl (C=O) groups is 4. The van der Waals surface area contributed by atoms with Crippen LogP contribution in [0.2, 0.25) is 0 Å². The van der Waals surface area contributed by atoms with Gasteiger partial charge in [0.25, 0.3) is 5.91 Å². The summed E-state index contributed by atoms with van der Waals surface area (Å²) in [5, 5.41) is 5.20. The smallest absolute Gasteiger partial charge is 0.349 e. The van der Waals surface area contributed by atoms with Crippen molar-refractivity contribution in [2.75, 3.05) is 11.9 Å². The van der Waals surface area contributed by atoms with E-state index in [0.29, 0.717) is 10.6 Å². The summed E-state index contributed by atoms with van der Waals surface area (Å²) in [6, 6.07) is 8.67. The van der Waals surface area contributed by atoms with Crippen molar-refractivity contribution in [3.8, 4) is 0 Å². The summed E-state index contributed by atoms with van der Waals surface area (Å²) in [5.74, 6) is -1.81. The van der Waals surface area contributed by atoms with Gasteiger partial charge in [-0.2, -0.15) is 0 Å². The van der Waals surface area contributed by atoms with E-state index in [9.17, 15) is 19.2 Å². The van der Waals surface area contributed by atoms with E-state index in [0.717, 1.165) is 22.5 Å². The number of rotatable bonds is 7. The number of hydrogen-bond acceptors (Lipinski definition) is 6. The van der Waals surface area contributed by atoms with Crippen molar-refractivity contribution in [3.63, 3.8) is 0 Å². The average Bonchev–Trinajstić information content (AvgIpc) is 3.13. The molecule has 0 spiro atoms. The Morgan fingerprint density at radius 2 is 1.64 bits per heavy atom. The Balaban J connectivity index is 1.85. The number of aryl methyl sites for hydroxylation is 2. The van der Waals surface area contributed by atoms with Crippen molar-refractivity contribution in [1.29, 1.82) is 0 Å². The summed E-state index contributed by atoms with van der Waals surface area (Å²) in [6.07, 6.45) is -1.08. The van der Waals surface area contributed by atoms with Crippen LogP contribution in [0.15, 0.2) is 30.3 Å². The van der Waals surface area contributed by atoms with Crippen molar-refractivity contribution in [2.24, 2.45) is 0 Å². The van der Waals surface area contributed by atoms with Gasteiger partial charge in [-0.1, -0.05) is 18.2 Å². The lowest BCUT2D eigenvalue weighted by Crippen LogP contribution is -2.40. The van der Waals surface area contributed by atoms with Gasteiger partial charge < -0.3 is 15.4 Å². The van der Waals surface area contributed by atoms with Gasteiger partial charge in [-0.3, -0.25) is 14.4 Å². The first kappa shape index (κ1) is 21.3. The molecule has 0 saturated carbocycles. The normalized spacial score (nSPS) is 11.4. The third-order valence-electron chi connectivity index (χ3n) is 3.98. The molecule has 1 heterocycles. The number of carbonyl (C=O) groups excluding carboxylic acids is 4. The Morgan fingerprint density at radius 1 is 1.04 bits per heavy atom. The molecule has 2 rings (SSSR count). The van der Waals surface area contributed by atoms with Crippen LogP contribution in [-0.2, 0) is 14.3 Å². The molecule has 0 bridgehead atoms. The van der Waals surface area contributed by atoms with E-state index in [1.165, 1.54) is 26.0 Å². The van der Waals surface area contributed by atoms with E-state index in [2.05, 4.69) is 10.6 Å². The fourth-order valence-electron chi connectivity index (χ4n) is 2.42. The molecule has 0 saturated heterocycles. The molecule has 0 radical (unpaired) electrons. The monoisotopic (exact) mass is 402 g/mol. The predicted octanol–water partition coefficient (Wildman–Crippen LogP) is 2.87. The minimum absolute atomic E-state index is 0.148. The predicted molar refractivity (Wildman–Crippen MR) is 107 cm³/mol. The molecule has 2 amide bonds. The van der Waals surface area contributed by atoms with Crippen LogP contribution in [-0.4, -0.2) is 36.2 Å². The maximum atomic E-state index is 12.1. The first-order chi connectivity index (χ1) is 13.2. The molecule has 0 aliphatic rings. The van der Waals surface area contributed by atoms with Crippen LogP contribution in [0.25, 0.3) is 0 Å². The van der Waals surface area contributed by atoms with Gasteiger partial charge in [-0.05, 0) is 51.0 Å². The first-order valence-electron chi connectivity index (χ1n) is 8.64. The number of ketones is 1. The van der Waals surface area contributed by atoms with Crippen LogP contribution >= 0.6 is 11.3 Å². The number of Topliss-reactive ketones (excluding diaryl/α,β-unsaturated/α-hetero) is 1. The van der Waals surface area contributed by atoms with Gasteiger partial charge in [-0.25, -0.2) is 4.79 Å². The van der Waals surface area contributed by atoms with E-state index in [1.54, 1.807) is 0 Å². The molecule has 2 N–H and O–H groups in total. The summed E-state index contributed by atoms with van der Waals surface area (Å²) in [4.78, 5) is 48.2. The number of ether oxygens (including phenoxy) is 1. The highest BCUT2D eigenvalue weighted by Crippen LogP contribution is 2.19. The summed E-state index contributed by atoms with van der Waals surface area (Å²) >= 11 is 1.01. The number of para-hydroxylation sites is 1. The summed E-state index contributed by atoms with van der Waals surface area (Å²) in [7, 11) is 0. The lowest BCUT2D eigenvalue weighted by molar-refractivity contribution is -0.130. The maximum absolute atomic E-state index is 12.1. The van der Waals surface area contributed by atoms with Crippen LogP contribution in [0.5, 0.6) is 0 Å². The van der Waals surface area contributed by atoms with Crippen molar-refractivity contribution < 1.29 is 23.9 Å². The van der Waals surface area contributed by atoms with Gasteiger partial charge in [-0.15, -0.1) is 11.3 Å². The second kappa shape index (κ2) is 9.27. The van der Waals surface area contributed by atoms with E-state index in [4.69, 9.17) is 4.74 Å². The number of nitrogens with one attached hydrogen (secondary N) is 2. The zero-order valence-electron chi connectivity index (χ0n) is 16.1. The zero-order valence-corrected chi connectivity index (χ0v) is 16.9. The number of hydrogen-bond donors (Lipinski definition) is 2. The quantitative estimate of drug-likeness (QED) is 0.548. The van der Waals surface area contributed by atoms with E-state index >= 15 is 0 Å². The minimum atomic E-state index is -1.08. The highest BCUT2D eigenvalue weighted by atomic mass is 32.1. The van der Waals surface area contributed by atoms with Crippen LogP contribution in [0.1, 0.15) is 44.3 Å². The molecule has 0 aliphatic heterocycles. The van der Waals surface area contributed by atoms with Crippen LogP contribution < -0.4 is 10.6 Å². The third-order valence-corrected chi connectivity index (χ3v) is 5.14. The molecule has 1 atom stereocenters. The minimum Gasteiger partial charge on any atom is -0.448 e. The number of thiophene rings is 1. The molecule has 7 nitrogen and oxygen atoms in total. The second-order valence-electron chi connectivity index (χ2n) is 6.30. The lowest BCUT2D eigenvalue weighted by atomic mass is 10.1. The Labute approximate surface area is 167 Å². The standard InChI is InChI=1S/C20H22N2O5S/c1-11-6-5-7-12(2)18(11)22-17(24)10-21-19(25)14(4)27-20(26)16-9-8-15(28-16)13(3)23/h5-9,14H,10H2,1-4H3,(H,21,25)(H,22,24). The van der Waals surface area contributed by atoms with Gasteiger partial charge in [0.05, 0.1) is 11.4 Å². The van der Waals surface area contributed by atoms with Crippen molar-refractivity contribution in [2.45, 2.75) is 33.8 Å². The van der Waals surface area contributed by atoms with Crippen LogP contribution in [0.3, 0.4) is 0 Å². The van der Waals surface area contributed by atoms with Crippen molar-refractivity contribution in [1.82, 2.24) is 5.32 Å². The molecule has 28 heavy (non-hydrogen) atoms. The van der Waals surface area contributed by atoms with Gasteiger partial charge in [0.2, 0.25) is 5.91 Å². The fourth-order valence-corrected chi connectivity index (χ4v) is 3.20. The van der Waals surface area contributed by atoms with Gasteiger partial charge >= 0.3 is 5.97 Å². The molecular weight excluding hydrogens is 380 g/mol. The van der Waals surface area contributed by atoms with Gasteiger partial charge in [0, 0.05) is 5.69 Å². The summed E-state index contributed by atoms with van der Waals surface area (Å²) in [6.45, 7) is 6.33. The molecule has 148 valence electrons. The van der Waals surface area contributed by atoms with Crippen LogP contribution in [0, 0.1) is 13.8 Å². The number of benzene rings is 1. The molecule has 1 aromatic heterocycles. The highest BCUT2D eigenvalue weighted by molar-refractivity contribution is 7.15. The Kier molecular flexibility index (Phi) is 7.06. The maximum Gasteiger partial charge on any atom is 0.349 e. The first-order valence-corrected chi connectivity index (χ1v) is 9.46. The molecule has 8 heteroatoms. The molecule has 0 fully saturated rings. The van der Waals surface area contributed by atoms with Gasteiger partial charge in [0.15, 0.2) is 11.9 Å². The SMILES string of the molecule is CC(=O)c1ccc(C(=O)OC(C)C(=O)NCC(=O)Nc2c(C)cccc2C)s1. The van der Waals surface area contributed by atoms with Crippen LogP contribution in [0.4, 0.5) is 5.69 Å².